The van der Waals surface area contributed by atoms with Crippen LogP contribution in [0.5, 0.6) is 0 Å². The Balaban J connectivity index is 2.01. The first kappa shape index (κ1) is 17.0. The molecule has 0 saturated carbocycles. The average Bonchev–Trinajstić information content (AvgIpc) is 2.54. The molecule has 24 heavy (non-hydrogen) atoms. The zero-order valence-corrected chi connectivity index (χ0v) is 15.0. The molecule has 2 aromatic rings. The molecule has 5 heteroatoms. The van der Waals surface area contributed by atoms with Crippen molar-refractivity contribution in [1.29, 1.82) is 0 Å². The van der Waals surface area contributed by atoms with E-state index in [0.29, 0.717) is 17.7 Å². The first-order valence-electron chi connectivity index (χ1n) is 8.11. The van der Waals surface area contributed by atoms with Gasteiger partial charge in [0.15, 0.2) is 0 Å². The smallest absolute Gasteiger partial charge is 0.264 e. The van der Waals surface area contributed by atoms with Gasteiger partial charge in [-0.25, -0.2) is 8.42 Å². The normalized spacial score (nSPS) is 18.3. The maximum atomic E-state index is 13.1. The van der Waals surface area contributed by atoms with E-state index in [1.807, 2.05) is 18.2 Å². The van der Waals surface area contributed by atoms with Gasteiger partial charge in [0.2, 0.25) is 0 Å². The molecule has 0 radical (unpaired) electrons. The number of nitrogens with zero attached hydrogens (tertiary/aromatic N) is 1. The predicted octanol–water partition coefficient (Wildman–Crippen LogP) is 3.62. The number of aliphatic hydroxyl groups is 1. The number of fused-ring (bicyclic) bond motifs is 1. The van der Waals surface area contributed by atoms with Gasteiger partial charge in [-0.2, -0.15) is 0 Å². The number of hydrogen-bond donors (Lipinski definition) is 1. The zero-order valence-electron chi connectivity index (χ0n) is 14.2. The number of rotatable bonds is 2. The van der Waals surface area contributed by atoms with E-state index in [2.05, 4.69) is 20.8 Å². The summed E-state index contributed by atoms with van der Waals surface area (Å²) >= 11 is 0. The van der Waals surface area contributed by atoms with E-state index in [1.165, 1.54) is 4.31 Å². The van der Waals surface area contributed by atoms with Crippen LogP contribution in [0.25, 0.3) is 0 Å². The highest BCUT2D eigenvalue weighted by Gasteiger charge is 2.32. The van der Waals surface area contributed by atoms with E-state index in [4.69, 9.17) is 0 Å². The molecule has 0 amide bonds. The number of anilines is 1. The molecular formula is C19H23NO3S. The molecule has 3 rings (SSSR count). The minimum atomic E-state index is -3.64. The first-order chi connectivity index (χ1) is 11.2. The summed E-state index contributed by atoms with van der Waals surface area (Å²) in [5.74, 6) is 0. The summed E-state index contributed by atoms with van der Waals surface area (Å²) in [4.78, 5) is 0.279. The van der Waals surface area contributed by atoms with Crippen LogP contribution in [0.3, 0.4) is 0 Å². The fourth-order valence-corrected chi connectivity index (χ4v) is 4.52. The molecule has 0 bridgehead atoms. The van der Waals surface area contributed by atoms with Crippen LogP contribution >= 0.6 is 0 Å². The lowest BCUT2D eigenvalue weighted by Gasteiger charge is -2.33. The highest BCUT2D eigenvalue weighted by atomic mass is 32.2. The quantitative estimate of drug-likeness (QED) is 0.904. The summed E-state index contributed by atoms with van der Waals surface area (Å²) in [5, 5.41) is 10.1. The van der Waals surface area contributed by atoms with Crippen molar-refractivity contribution in [3.63, 3.8) is 0 Å². The third kappa shape index (κ3) is 2.94. The van der Waals surface area contributed by atoms with Gasteiger partial charge in [0.1, 0.15) is 0 Å². The lowest BCUT2D eigenvalue weighted by Crippen LogP contribution is -2.36. The van der Waals surface area contributed by atoms with Crippen LogP contribution in [-0.2, 0) is 15.4 Å². The Morgan fingerprint density at radius 2 is 1.67 bits per heavy atom. The summed E-state index contributed by atoms with van der Waals surface area (Å²) in [7, 11) is -3.64. The van der Waals surface area contributed by atoms with Crippen LogP contribution in [0.1, 0.15) is 44.4 Å². The van der Waals surface area contributed by atoms with Crippen molar-refractivity contribution in [2.45, 2.75) is 43.6 Å². The summed E-state index contributed by atoms with van der Waals surface area (Å²) < 4.78 is 27.5. The van der Waals surface area contributed by atoms with Gasteiger partial charge in [0, 0.05) is 12.1 Å². The summed E-state index contributed by atoms with van der Waals surface area (Å²) in [6.45, 7) is 6.57. The zero-order chi connectivity index (χ0) is 17.5. The second kappa shape index (κ2) is 5.90. The van der Waals surface area contributed by atoms with E-state index in [1.54, 1.807) is 30.3 Å². The minimum absolute atomic E-state index is 0.0237. The van der Waals surface area contributed by atoms with Gasteiger partial charge in [-0.15, -0.1) is 0 Å². The molecule has 0 aromatic heterocycles. The van der Waals surface area contributed by atoms with E-state index >= 15 is 0 Å². The van der Waals surface area contributed by atoms with Crippen LogP contribution in [0, 0.1) is 0 Å². The second-order valence-electron chi connectivity index (χ2n) is 7.21. The molecule has 1 unspecified atom stereocenters. The molecule has 1 aliphatic heterocycles. The monoisotopic (exact) mass is 345 g/mol. The summed E-state index contributed by atoms with van der Waals surface area (Å²) in [6.07, 6.45) is -0.216. The van der Waals surface area contributed by atoms with E-state index in [0.717, 1.165) is 5.56 Å². The molecule has 128 valence electrons. The van der Waals surface area contributed by atoms with Gasteiger partial charge in [-0.3, -0.25) is 4.31 Å². The molecular weight excluding hydrogens is 322 g/mol. The number of hydrogen-bond acceptors (Lipinski definition) is 3. The predicted molar refractivity (Wildman–Crippen MR) is 95.7 cm³/mol. The van der Waals surface area contributed by atoms with Gasteiger partial charge in [0.05, 0.1) is 16.7 Å². The van der Waals surface area contributed by atoms with Crippen molar-refractivity contribution in [2.24, 2.45) is 0 Å². The average molecular weight is 345 g/mol. The lowest BCUT2D eigenvalue weighted by molar-refractivity contribution is 0.166. The molecule has 1 atom stereocenters. The maximum absolute atomic E-state index is 13.1. The third-order valence-electron chi connectivity index (χ3n) is 4.48. The Morgan fingerprint density at radius 3 is 2.29 bits per heavy atom. The Morgan fingerprint density at radius 1 is 1.04 bits per heavy atom. The highest BCUT2D eigenvalue weighted by molar-refractivity contribution is 7.92. The van der Waals surface area contributed by atoms with Crippen molar-refractivity contribution in [2.75, 3.05) is 10.8 Å². The van der Waals surface area contributed by atoms with Crippen molar-refractivity contribution < 1.29 is 13.5 Å². The molecule has 1 heterocycles. The van der Waals surface area contributed by atoms with Crippen LogP contribution in [0.2, 0.25) is 0 Å². The fraction of sp³-hybridized carbons (Fsp3) is 0.368. The SMILES string of the molecule is CC(C)(C)c1ccc(S(=O)(=O)N2CCC(O)c3ccccc32)cc1. The van der Waals surface area contributed by atoms with Crippen LogP contribution in [-0.4, -0.2) is 20.1 Å². The van der Waals surface area contributed by atoms with Crippen molar-refractivity contribution in [1.82, 2.24) is 0 Å². The summed E-state index contributed by atoms with van der Waals surface area (Å²) in [5.41, 5.74) is 2.30. The number of sulfonamides is 1. The fourth-order valence-electron chi connectivity index (χ4n) is 3.02. The van der Waals surface area contributed by atoms with Gasteiger partial charge >= 0.3 is 0 Å². The maximum Gasteiger partial charge on any atom is 0.264 e. The topological polar surface area (TPSA) is 57.6 Å². The Bertz CT molecular complexity index is 836. The van der Waals surface area contributed by atoms with E-state index in [9.17, 15) is 13.5 Å². The van der Waals surface area contributed by atoms with Crippen LogP contribution in [0.15, 0.2) is 53.4 Å². The molecule has 0 spiro atoms. The molecule has 1 N–H and O–H groups in total. The molecule has 4 nitrogen and oxygen atoms in total. The molecule has 1 aliphatic rings. The molecule has 0 saturated heterocycles. The number of benzene rings is 2. The van der Waals surface area contributed by atoms with E-state index < -0.39 is 16.1 Å². The van der Waals surface area contributed by atoms with Gasteiger partial charge in [-0.1, -0.05) is 51.1 Å². The van der Waals surface area contributed by atoms with Crippen LogP contribution in [0.4, 0.5) is 5.69 Å². The third-order valence-corrected chi connectivity index (χ3v) is 6.31. The Hall–Kier alpha value is -1.85. The highest BCUT2D eigenvalue weighted by Crippen LogP contribution is 2.37. The first-order valence-corrected chi connectivity index (χ1v) is 9.55. The summed E-state index contributed by atoms with van der Waals surface area (Å²) in [6, 6.07) is 14.2. The lowest BCUT2D eigenvalue weighted by atomic mass is 9.87. The van der Waals surface area contributed by atoms with Gasteiger partial charge in [0.25, 0.3) is 10.0 Å². The van der Waals surface area contributed by atoms with Gasteiger partial charge < -0.3 is 5.11 Å². The Kier molecular flexibility index (Phi) is 4.18. The van der Waals surface area contributed by atoms with Crippen molar-refractivity contribution in [3.05, 3.63) is 59.7 Å². The molecule has 2 aromatic carbocycles. The largest absolute Gasteiger partial charge is 0.388 e. The molecule has 0 aliphatic carbocycles. The van der Waals surface area contributed by atoms with Gasteiger partial charge in [-0.05, 0) is 35.6 Å². The minimum Gasteiger partial charge on any atom is -0.388 e. The van der Waals surface area contributed by atoms with Crippen molar-refractivity contribution in [3.8, 4) is 0 Å². The Labute approximate surface area is 143 Å². The van der Waals surface area contributed by atoms with Crippen LogP contribution < -0.4 is 4.31 Å². The standard InChI is InChI=1S/C19H23NO3S/c1-19(2,3)14-8-10-15(11-9-14)24(22,23)20-13-12-18(21)16-6-4-5-7-17(16)20/h4-11,18,21H,12-13H2,1-3H3. The number of para-hydroxylation sites is 1. The van der Waals surface area contributed by atoms with Crippen molar-refractivity contribution >= 4 is 15.7 Å². The van der Waals surface area contributed by atoms with E-state index in [-0.39, 0.29) is 16.9 Å². The molecule has 0 fully saturated rings. The number of aliphatic hydroxyl groups excluding tert-OH is 1. The second-order valence-corrected chi connectivity index (χ2v) is 9.08.